The molecule has 0 atom stereocenters. The Morgan fingerprint density at radius 1 is 1.33 bits per heavy atom. The standard InChI is InChI=1S/C13H13N3O5/c1-20-12(18)5-10(13(19)21-2)15-9-4-8-7(3-11(9)17)6-14-16-8/h3-6,15,17H,1-2H3,(H,14,16)/b10-5+. The van der Waals surface area contributed by atoms with Crippen LogP contribution in [-0.2, 0) is 19.1 Å². The normalized spacial score (nSPS) is 11.2. The molecule has 0 fully saturated rings. The van der Waals surface area contributed by atoms with E-state index < -0.39 is 11.9 Å². The summed E-state index contributed by atoms with van der Waals surface area (Å²) < 4.78 is 9.02. The summed E-state index contributed by atoms with van der Waals surface area (Å²) in [5.74, 6) is -1.61. The van der Waals surface area contributed by atoms with Gasteiger partial charge in [-0.25, -0.2) is 9.59 Å². The fraction of sp³-hybridized carbons (Fsp3) is 0.154. The molecule has 0 aliphatic rings. The number of methoxy groups -OCH3 is 2. The number of aromatic amines is 1. The fourth-order valence-electron chi connectivity index (χ4n) is 1.66. The zero-order chi connectivity index (χ0) is 15.4. The zero-order valence-electron chi connectivity index (χ0n) is 11.3. The van der Waals surface area contributed by atoms with Crippen LogP contribution in [0.4, 0.5) is 5.69 Å². The highest BCUT2D eigenvalue weighted by atomic mass is 16.5. The van der Waals surface area contributed by atoms with Crippen molar-refractivity contribution in [1.82, 2.24) is 10.2 Å². The van der Waals surface area contributed by atoms with Crippen LogP contribution in [0.1, 0.15) is 0 Å². The Bertz CT molecular complexity index is 720. The number of phenols is 1. The second kappa shape index (κ2) is 5.95. The molecular formula is C13H13N3O5. The molecule has 0 amide bonds. The van der Waals surface area contributed by atoms with Crippen LogP contribution in [0.25, 0.3) is 10.9 Å². The Morgan fingerprint density at radius 3 is 2.76 bits per heavy atom. The molecule has 2 aromatic rings. The molecule has 0 radical (unpaired) electrons. The second-order valence-electron chi connectivity index (χ2n) is 4.02. The Kier molecular flexibility index (Phi) is 4.07. The van der Waals surface area contributed by atoms with Crippen molar-refractivity contribution >= 4 is 28.5 Å². The van der Waals surface area contributed by atoms with E-state index in [1.807, 2.05) is 0 Å². The van der Waals surface area contributed by atoms with Gasteiger partial charge in [-0.1, -0.05) is 0 Å². The van der Waals surface area contributed by atoms with Crippen LogP contribution in [0.15, 0.2) is 30.1 Å². The molecule has 0 saturated carbocycles. The van der Waals surface area contributed by atoms with E-state index in [4.69, 9.17) is 0 Å². The molecule has 8 nitrogen and oxygen atoms in total. The number of ether oxygens (including phenoxy) is 2. The number of fused-ring (bicyclic) bond motifs is 1. The summed E-state index contributed by atoms with van der Waals surface area (Å²) in [6.45, 7) is 0. The maximum atomic E-state index is 11.6. The fourth-order valence-corrected chi connectivity index (χ4v) is 1.66. The summed E-state index contributed by atoms with van der Waals surface area (Å²) in [5.41, 5.74) is 0.698. The van der Waals surface area contributed by atoms with Crippen molar-refractivity contribution in [2.75, 3.05) is 19.5 Å². The number of anilines is 1. The van der Waals surface area contributed by atoms with Crippen molar-refractivity contribution in [2.45, 2.75) is 0 Å². The molecule has 0 unspecified atom stereocenters. The third kappa shape index (κ3) is 3.11. The van der Waals surface area contributed by atoms with Gasteiger partial charge in [0.15, 0.2) is 0 Å². The number of aromatic hydroxyl groups is 1. The molecule has 0 spiro atoms. The first-order valence-electron chi connectivity index (χ1n) is 5.86. The first-order chi connectivity index (χ1) is 10.0. The predicted octanol–water partition coefficient (Wildman–Crippen LogP) is 0.910. The number of phenolic OH excluding ortho intramolecular Hbond substituents is 1. The Labute approximate surface area is 119 Å². The lowest BCUT2D eigenvalue weighted by molar-refractivity contribution is -0.138. The molecule has 1 aromatic carbocycles. The van der Waals surface area contributed by atoms with E-state index in [1.54, 1.807) is 12.3 Å². The number of benzene rings is 1. The van der Waals surface area contributed by atoms with E-state index in [0.717, 1.165) is 6.08 Å². The van der Waals surface area contributed by atoms with Gasteiger partial charge in [-0.15, -0.1) is 0 Å². The molecule has 2 rings (SSSR count). The van der Waals surface area contributed by atoms with Crippen molar-refractivity contribution in [3.63, 3.8) is 0 Å². The quantitative estimate of drug-likeness (QED) is 0.436. The number of H-pyrrole nitrogens is 1. The number of aromatic nitrogens is 2. The number of carbonyl (C=O) groups is 2. The Balaban J connectivity index is 2.38. The summed E-state index contributed by atoms with van der Waals surface area (Å²) in [7, 11) is 2.36. The molecular weight excluding hydrogens is 278 g/mol. The van der Waals surface area contributed by atoms with Gasteiger partial charge < -0.3 is 19.9 Å². The molecule has 1 aromatic heterocycles. The number of carbonyl (C=O) groups excluding carboxylic acids is 2. The van der Waals surface area contributed by atoms with Crippen molar-refractivity contribution in [2.24, 2.45) is 0 Å². The van der Waals surface area contributed by atoms with E-state index >= 15 is 0 Å². The number of hydrogen-bond acceptors (Lipinski definition) is 7. The van der Waals surface area contributed by atoms with E-state index in [0.29, 0.717) is 10.9 Å². The van der Waals surface area contributed by atoms with Crippen LogP contribution in [-0.4, -0.2) is 41.5 Å². The summed E-state index contributed by atoms with van der Waals surface area (Å²) in [6, 6.07) is 3.01. The smallest absolute Gasteiger partial charge is 0.354 e. The zero-order valence-corrected chi connectivity index (χ0v) is 11.3. The van der Waals surface area contributed by atoms with Crippen LogP contribution >= 0.6 is 0 Å². The third-order valence-electron chi connectivity index (χ3n) is 2.69. The molecule has 8 heteroatoms. The summed E-state index contributed by atoms with van der Waals surface area (Å²) in [5, 5.41) is 19.8. The number of rotatable bonds is 4. The lowest BCUT2D eigenvalue weighted by Crippen LogP contribution is -2.15. The van der Waals surface area contributed by atoms with E-state index in [-0.39, 0.29) is 17.1 Å². The average molecular weight is 291 g/mol. The van der Waals surface area contributed by atoms with Gasteiger partial charge >= 0.3 is 11.9 Å². The van der Waals surface area contributed by atoms with Crippen molar-refractivity contribution in [3.05, 3.63) is 30.1 Å². The molecule has 1 heterocycles. The van der Waals surface area contributed by atoms with Gasteiger partial charge in [0, 0.05) is 5.39 Å². The molecule has 3 N–H and O–H groups in total. The van der Waals surface area contributed by atoms with Gasteiger partial charge in [0.05, 0.1) is 37.7 Å². The highest BCUT2D eigenvalue weighted by Crippen LogP contribution is 2.29. The number of hydrogen-bond donors (Lipinski definition) is 3. The van der Waals surface area contributed by atoms with E-state index in [2.05, 4.69) is 25.0 Å². The van der Waals surface area contributed by atoms with Gasteiger partial charge in [0.25, 0.3) is 0 Å². The highest BCUT2D eigenvalue weighted by Gasteiger charge is 2.15. The van der Waals surface area contributed by atoms with Crippen molar-refractivity contribution < 1.29 is 24.2 Å². The topological polar surface area (TPSA) is 114 Å². The molecule has 0 aliphatic carbocycles. The summed E-state index contributed by atoms with van der Waals surface area (Å²) in [4.78, 5) is 22.9. The predicted molar refractivity (Wildman–Crippen MR) is 73.5 cm³/mol. The minimum absolute atomic E-state index is 0.108. The van der Waals surface area contributed by atoms with Gasteiger partial charge in [0.1, 0.15) is 11.4 Å². The van der Waals surface area contributed by atoms with Gasteiger partial charge in [-0.05, 0) is 12.1 Å². The van der Waals surface area contributed by atoms with Gasteiger partial charge in [0.2, 0.25) is 0 Å². The monoisotopic (exact) mass is 291 g/mol. The maximum absolute atomic E-state index is 11.6. The van der Waals surface area contributed by atoms with Gasteiger partial charge in [-0.2, -0.15) is 5.10 Å². The van der Waals surface area contributed by atoms with Crippen molar-refractivity contribution in [3.8, 4) is 5.75 Å². The van der Waals surface area contributed by atoms with Crippen molar-refractivity contribution in [1.29, 1.82) is 0 Å². The number of esters is 2. The summed E-state index contributed by atoms with van der Waals surface area (Å²) in [6.07, 6.45) is 2.48. The SMILES string of the molecule is COC(=O)/C=C(/Nc1cc2[nH]ncc2cc1O)C(=O)OC. The lowest BCUT2D eigenvalue weighted by Gasteiger charge is -2.10. The molecule has 0 bridgehead atoms. The third-order valence-corrected chi connectivity index (χ3v) is 2.69. The maximum Gasteiger partial charge on any atom is 0.354 e. The first kappa shape index (κ1) is 14.4. The largest absolute Gasteiger partial charge is 0.506 e. The Morgan fingerprint density at radius 2 is 2.10 bits per heavy atom. The van der Waals surface area contributed by atoms with E-state index in [1.165, 1.54) is 20.3 Å². The van der Waals surface area contributed by atoms with Crippen LogP contribution in [0.2, 0.25) is 0 Å². The van der Waals surface area contributed by atoms with Crippen LogP contribution in [0, 0.1) is 0 Å². The van der Waals surface area contributed by atoms with Crippen LogP contribution in [0.3, 0.4) is 0 Å². The van der Waals surface area contributed by atoms with Crippen LogP contribution < -0.4 is 5.32 Å². The molecule has 21 heavy (non-hydrogen) atoms. The average Bonchev–Trinajstić information content (AvgIpc) is 2.92. The van der Waals surface area contributed by atoms with Gasteiger partial charge in [-0.3, -0.25) is 5.10 Å². The molecule has 110 valence electrons. The second-order valence-corrected chi connectivity index (χ2v) is 4.02. The number of nitrogens with one attached hydrogen (secondary N) is 2. The first-order valence-corrected chi connectivity index (χ1v) is 5.86. The molecule has 0 saturated heterocycles. The highest BCUT2D eigenvalue weighted by molar-refractivity contribution is 5.99. The number of nitrogens with zero attached hydrogens (tertiary/aromatic N) is 1. The van der Waals surface area contributed by atoms with Crippen LogP contribution in [0.5, 0.6) is 5.75 Å². The summed E-state index contributed by atoms with van der Waals surface area (Å²) >= 11 is 0. The minimum atomic E-state index is -0.774. The van der Waals surface area contributed by atoms with E-state index in [9.17, 15) is 14.7 Å². The molecule has 0 aliphatic heterocycles. The lowest BCUT2D eigenvalue weighted by atomic mass is 10.2. The Hall–Kier alpha value is -3.03. The minimum Gasteiger partial charge on any atom is -0.506 e.